The molecule has 1 aliphatic rings. The van der Waals surface area contributed by atoms with Crippen molar-refractivity contribution in [3.63, 3.8) is 0 Å². The monoisotopic (exact) mass is 589 g/mol. The molecule has 1 amide bonds. The van der Waals surface area contributed by atoms with Gasteiger partial charge in [-0.1, -0.05) is 67.9 Å². The van der Waals surface area contributed by atoms with E-state index in [2.05, 4.69) is 5.32 Å². The van der Waals surface area contributed by atoms with Gasteiger partial charge in [-0.25, -0.2) is 14.4 Å². The highest BCUT2D eigenvalue weighted by Crippen LogP contribution is 2.29. The van der Waals surface area contributed by atoms with Crippen molar-refractivity contribution in [2.45, 2.75) is 57.3 Å². The molecule has 10 nitrogen and oxygen atoms in total. The van der Waals surface area contributed by atoms with E-state index in [1.54, 1.807) is 91.0 Å². The molecule has 5 atom stereocenters. The van der Waals surface area contributed by atoms with Gasteiger partial charge in [-0.15, -0.1) is 0 Å². The molecule has 1 fully saturated rings. The maximum absolute atomic E-state index is 13.3. The van der Waals surface area contributed by atoms with E-state index in [9.17, 15) is 19.2 Å². The number of hydrogen-bond acceptors (Lipinski definition) is 9. The highest BCUT2D eigenvalue weighted by Gasteiger charge is 2.52. The van der Waals surface area contributed by atoms with Crippen molar-refractivity contribution in [2.75, 3.05) is 13.2 Å². The van der Waals surface area contributed by atoms with Crippen LogP contribution in [0.25, 0.3) is 0 Å². The lowest BCUT2D eigenvalue weighted by atomic mass is 9.95. The third kappa shape index (κ3) is 8.73. The average Bonchev–Trinajstić information content (AvgIpc) is 3.03. The van der Waals surface area contributed by atoms with Crippen molar-refractivity contribution in [3.05, 3.63) is 108 Å². The number of ether oxygens (including phenoxy) is 5. The number of esters is 3. The van der Waals surface area contributed by atoms with E-state index in [0.717, 1.165) is 6.42 Å². The zero-order chi connectivity index (χ0) is 30.6. The van der Waals surface area contributed by atoms with Gasteiger partial charge >= 0.3 is 17.9 Å². The standard InChI is InChI=1S/C33H35NO9/c1-3-4-20-39-33-27(34-22(2)35)29(43-32(38)25-18-12-7-13-19-25)28(42-31(37)24-16-10-6-11-17-24)26(41-33)21-40-30(36)23-14-8-5-9-15-23/h5-19,26-29,33H,3-4,20-21H2,1-2H3,(H,34,35)/t26?,27?,28-,29?,33-/m1/s1. The summed E-state index contributed by atoms with van der Waals surface area (Å²) in [5, 5.41) is 2.75. The second-order valence-corrected chi connectivity index (χ2v) is 9.93. The van der Waals surface area contributed by atoms with Gasteiger partial charge < -0.3 is 29.0 Å². The maximum atomic E-state index is 13.3. The molecule has 10 heteroatoms. The van der Waals surface area contributed by atoms with Crippen LogP contribution >= 0.6 is 0 Å². The molecule has 1 saturated heterocycles. The third-order valence-electron chi connectivity index (χ3n) is 6.69. The first kappa shape index (κ1) is 31.4. The molecule has 226 valence electrons. The number of amides is 1. The largest absolute Gasteiger partial charge is 0.459 e. The molecular formula is C33H35NO9. The van der Waals surface area contributed by atoms with Gasteiger partial charge in [0, 0.05) is 13.5 Å². The normalized spacial score (nSPS) is 21.3. The van der Waals surface area contributed by atoms with Gasteiger partial charge in [-0.3, -0.25) is 4.79 Å². The molecule has 0 spiro atoms. The van der Waals surface area contributed by atoms with Crippen LogP contribution in [0.3, 0.4) is 0 Å². The third-order valence-corrected chi connectivity index (χ3v) is 6.69. The molecule has 1 heterocycles. The SMILES string of the molecule is CCCCO[C@@H]1OC(COC(=O)c2ccccc2)[C@@H](OC(=O)c2ccccc2)C(OC(=O)c2ccccc2)C1NC(C)=O. The van der Waals surface area contributed by atoms with Crippen molar-refractivity contribution >= 4 is 23.8 Å². The Morgan fingerprint density at radius 3 is 1.70 bits per heavy atom. The molecule has 3 aromatic rings. The Hall–Kier alpha value is -4.54. The summed E-state index contributed by atoms with van der Waals surface area (Å²) in [5.74, 6) is -2.50. The van der Waals surface area contributed by atoms with Crippen LogP contribution in [0, 0.1) is 0 Å². The fourth-order valence-corrected chi connectivity index (χ4v) is 4.54. The fourth-order valence-electron chi connectivity index (χ4n) is 4.54. The minimum atomic E-state index is -1.30. The quantitative estimate of drug-likeness (QED) is 0.186. The molecule has 0 saturated carbocycles. The van der Waals surface area contributed by atoms with Crippen molar-refractivity contribution in [1.29, 1.82) is 0 Å². The summed E-state index contributed by atoms with van der Waals surface area (Å²) >= 11 is 0. The van der Waals surface area contributed by atoms with Crippen molar-refractivity contribution < 1.29 is 42.9 Å². The van der Waals surface area contributed by atoms with Crippen molar-refractivity contribution in [2.24, 2.45) is 0 Å². The zero-order valence-electron chi connectivity index (χ0n) is 24.0. The number of unbranched alkanes of at least 4 members (excludes halogenated alkanes) is 1. The maximum Gasteiger partial charge on any atom is 0.338 e. The molecule has 0 bridgehead atoms. The summed E-state index contributed by atoms with van der Waals surface area (Å²) < 4.78 is 29.7. The van der Waals surface area contributed by atoms with Crippen LogP contribution in [-0.4, -0.2) is 67.7 Å². The van der Waals surface area contributed by atoms with Gasteiger partial charge in [0.15, 0.2) is 18.5 Å². The lowest BCUT2D eigenvalue weighted by Gasteiger charge is -2.45. The number of carbonyl (C=O) groups is 4. The van der Waals surface area contributed by atoms with Gasteiger partial charge in [0.05, 0.1) is 16.7 Å². The first-order valence-corrected chi connectivity index (χ1v) is 14.2. The van der Waals surface area contributed by atoms with Crippen LogP contribution in [0.15, 0.2) is 91.0 Å². The topological polar surface area (TPSA) is 126 Å². The molecule has 1 aliphatic heterocycles. The smallest absolute Gasteiger partial charge is 0.338 e. The highest BCUT2D eigenvalue weighted by molar-refractivity contribution is 5.91. The average molecular weight is 590 g/mol. The predicted molar refractivity (Wildman–Crippen MR) is 155 cm³/mol. The predicted octanol–water partition coefficient (Wildman–Crippen LogP) is 4.34. The Labute approximate surface area is 250 Å². The summed E-state index contributed by atoms with van der Waals surface area (Å²) in [7, 11) is 0. The van der Waals surface area contributed by atoms with Gasteiger partial charge in [0.2, 0.25) is 5.91 Å². The first-order valence-electron chi connectivity index (χ1n) is 14.2. The van der Waals surface area contributed by atoms with Crippen LogP contribution in [0.1, 0.15) is 57.8 Å². The summed E-state index contributed by atoms with van der Waals surface area (Å²) in [5.41, 5.74) is 0.808. The van der Waals surface area contributed by atoms with Gasteiger partial charge in [-0.2, -0.15) is 0 Å². The second kappa shape index (κ2) is 15.6. The summed E-state index contributed by atoms with van der Waals surface area (Å²) in [6, 6.07) is 23.8. The Morgan fingerprint density at radius 1 is 0.721 bits per heavy atom. The molecule has 3 unspecified atom stereocenters. The molecule has 43 heavy (non-hydrogen) atoms. The van der Waals surface area contributed by atoms with Crippen LogP contribution < -0.4 is 5.32 Å². The molecular weight excluding hydrogens is 554 g/mol. The number of nitrogens with one attached hydrogen (secondary N) is 1. The fraction of sp³-hybridized carbons (Fsp3) is 0.333. The van der Waals surface area contributed by atoms with E-state index in [0.29, 0.717) is 12.0 Å². The Bertz CT molecular complexity index is 1350. The minimum absolute atomic E-state index is 0.244. The Balaban J connectivity index is 1.70. The van der Waals surface area contributed by atoms with E-state index in [1.165, 1.54) is 6.92 Å². The van der Waals surface area contributed by atoms with E-state index < -0.39 is 54.5 Å². The summed E-state index contributed by atoms with van der Waals surface area (Å²) in [6.07, 6.45) is -3.28. The van der Waals surface area contributed by atoms with Gasteiger partial charge in [-0.05, 0) is 42.8 Å². The van der Waals surface area contributed by atoms with Gasteiger partial charge in [0.25, 0.3) is 0 Å². The second-order valence-electron chi connectivity index (χ2n) is 9.93. The number of benzene rings is 3. The van der Waals surface area contributed by atoms with E-state index in [1.807, 2.05) is 6.92 Å². The number of rotatable bonds is 12. The minimum Gasteiger partial charge on any atom is -0.459 e. The molecule has 1 N–H and O–H groups in total. The van der Waals surface area contributed by atoms with E-state index in [4.69, 9.17) is 23.7 Å². The molecule has 3 aromatic carbocycles. The van der Waals surface area contributed by atoms with E-state index >= 15 is 0 Å². The molecule has 4 rings (SSSR count). The van der Waals surface area contributed by atoms with Crippen molar-refractivity contribution in [1.82, 2.24) is 5.32 Å². The Morgan fingerprint density at radius 2 is 1.21 bits per heavy atom. The molecule has 0 aliphatic carbocycles. The van der Waals surface area contributed by atoms with E-state index in [-0.39, 0.29) is 24.3 Å². The van der Waals surface area contributed by atoms with Crippen molar-refractivity contribution in [3.8, 4) is 0 Å². The summed E-state index contributed by atoms with van der Waals surface area (Å²) in [4.78, 5) is 51.8. The highest BCUT2D eigenvalue weighted by atomic mass is 16.7. The molecule has 0 aromatic heterocycles. The van der Waals surface area contributed by atoms with Crippen LogP contribution in [0.4, 0.5) is 0 Å². The number of carbonyl (C=O) groups excluding carboxylic acids is 4. The first-order chi connectivity index (χ1) is 20.9. The summed E-state index contributed by atoms with van der Waals surface area (Å²) in [6.45, 7) is 3.21. The number of hydrogen-bond donors (Lipinski definition) is 1. The van der Waals surface area contributed by atoms with Crippen LogP contribution in [0.2, 0.25) is 0 Å². The Kier molecular flexibility index (Phi) is 11.4. The van der Waals surface area contributed by atoms with Crippen LogP contribution in [0.5, 0.6) is 0 Å². The van der Waals surface area contributed by atoms with Crippen LogP contribution in [-0.2, 0) is 28.5 Å². The van der Waals surface area contributed by atoms with Gasteiger partial charge in [0.1, 0.15) is 18.8 Å². The lowest BCUT2D eigenvalue weighted by molar-refractivity contribution is -0.269. The molecule has 0 radical (unpaired) electrons. The lowest BCUT2D eigenvalue weighted by Crippen LogP contribution is -2.66. The zero-order valence-corrected chi connectivity index (χ0v) is 24.0.